The third-order valence-electron chi connectivity index (χ3n) is 4.89. The third kappa shape index (κ3) is 1.34. The highest BCUT2D eigenvalue weighted by Gasteiger charge is 2.52. The minimum Gasteiger partial charge on any atom is -0.392 e. The molecule has 19 heavy (non-hydrogen) atoms. The van der Waals surface area contributed by atoms with E-state index in [1.54, 1.807) is 0 Å². The number of aromatic nitrogens is 2. The Bertz CT molecular complexity index is 644. The van der Waals surface area contributed by atoms with Crippen molar-refractivity contribution in [1.29, 1.82) is 0 Å². The van der Waals surface area contributed by atoms with Crippen molar-refractivity contribution in [2.45, 2.75) is 32.4 Å². The van der Waals surface area contributed by atoms with E-state index >= 15 is 0 Å². The molecular weight excluding hydrogens is 236 g/mol. The highest BCUT2D eigenvalue weighted by molar-refractivity contribution is 5.69. The Kier molecular flexibility index (Phi) is 2.06. The molecule has 2 aromatic rings. The van der Waals surface area contributed by atoms with Crippen molar-refractivity contribution in [3.63, 3.8) is 0 Å². The minimum atomic E-state index is -0.237. The van der Waals surface area contributed by atoms with E-state index in [9.17, 15) is 5.11 Å². The molecule has 3 unspecified atom stereocenters. The smallest absolute Gasteiger partial charge is 0.0956 e. The van der Waals surface area contributed by atoms with Gasteiger partial charge in [-0.3, -0.25) is 0 Å². The molecule has 3 atom stereocenters. The van der Waals surface area contributed by atoms with Crippen LogP contribution in [0.1, 0.15) is 31.9 Å². The van der Waals surface area contributed by atoms with Crippen molar-refractivity contribution in [2.24, 2.45) is 11.3 Å². The fourth-order valence-corrected chi connectivity index (χ4v) is 3.85. The Morgan fingerprint density at radius 1 is 1.32 bits per heavy atom. The summed E-state index contributed by atoms with van der Waals surface area (Å²) in [6, 6.07) is 8.74. The zero-order valence-corrected chi connectivity index (χ0v) is 11.2. The van der Waals surface area contributed by atoms with Crippen LogP contribution in [0.4, 0.5) is 0 Å². The normalized spacial score (nSPS) is 30.6. The summed E-state index contributed by atoms with van der Waals surface area (Å²) in [5.41, 5.74) is 3.82. The monoisotopic (exact) mass is 254 g/mol. The summed E-state index contributed by atoms with van der Waals surface area (Å²) in [7, 11) is 0. The molecule has 1 aromatic heterocycles. The lowest BCUT2D eigenvalue weighted by molar-refractivity contribution is -0.112. The lowest BCUT2D eigenvalue weighted by Gasteiger charge is -2.51. The predicted molar refractivity (Wildman–Crippen MR) is 73.7 cm³/mol. The van der Waals surface area contributed by atoms with Crippen LogP contribution in [-0.2, 0) is 0 Å². The van der Waals surface area contributed by atoms with Crippen molar-refractivity contribution < 1.29 is 5.11 Å². The number of hydrogen-bond acceptors (Lipinski definition) is 2. The van der Waals surface area contributed by atoms with Crippen molar-refractivity contribution in [3.8, 4) is 11.3 Å². The molecule has 0 amide bonds. The molecular formula is C16H18N2O. The molecule has 1 N–H and O–H groups in total. The molecule has 0 bridgehead atoms. The summed E-state index contributed by atoms with van der Waals surface area (Å²) in [4.78, 5) is 4.28. The highest BCUT2D eigenvalue weighted by Crippen LogP contribution is 2.55. The standard InChI is InChI=1S/C16H18N2O/c1-16(2)7-12(15(16)19)14-11-6-4-3-5-10(11)13-8-17-9-18(13)14/h3-6,8-9,12,14-15,19H,7H2,1-2H3. The van der Waals surface area contributed by atoms with Crippen LogP contribution in [0.3, 0.4) is 0 Å². The predicted octanol–water partition coefficient (Wildman–Crippen LogP) is 2.86. The van der Waals surface area contributed by atoms with Crippen LogP contribution in [0.2, 0.25) is 0 Å². The van der Waals surface area contributed by atoms with E-state index in [1.807, 2.05) is 12.5 Å². The van der Waals surface area contributed by atoms with Gasteiger partial charge in [0.2, 0.25) is 0 Å². The molecule has 2 heterocycles. The molecule has 1 aliphatic heterocycles. The quantitative estimate of drug-likeness (QED) is 0.849. The molecule has 98 valence electrons. The van der Waals surface area contributed by atoms with E-state index in [4.69, 9.17) is 0 Å². The molecule has 1 fully saturated rings. The molecule has 0 saturated heterocycles. The summed E-state index contributed by atoms with van der Waals surface area (Å²) in [6.07, 6.45) is 4.65. The van der Waals surface area contributed by atoms with Gasteiger partial charge in [0.15, 0.2) is 0 Å². The van der Waals surface area contributed by atoms with E-state index < -0.39 is 0 Å². The molecule has 0 radical (unpaired) electrons. The van der Waals surface area contributed by atoms with E-state index in [-0.39, 0.29) is 17.6 Å². The maximum absolute atomic E-state index is 10.5. The highest BCUT2D eigenvalue weighted by atomic mass is 16.3. The summed E-state index contributed by atoms with van der Waals surface area (Å²) >= 11 is 0. The summed E-state index contributed by atoms with van der Waals surface area (Å²) in [6.45, 7) is 4.29. The number of rotatable bonds is 1. The van der Waals surface area contributed by atoms with Crippen molar-refractivity contribution >= 4 is 0 Å². The molecule has 3 nitrogen and oxygen atoms in total. The first-order valence-corrected chi connectivity index (χ1v) is 6.89. The van der Waals surface area contributed by atoms with Crippen LogP contribution < -0.4 is 0 Å². The molecule has 3 heteroatoms. The Hall–Kier alpha value is -1.61. The Morgan fingerprint density at radius 2 is 2.11 bits per heavy atom. The van der Waals surface area contributed by atoms with Gasteiger partial charge in [-0.1, -0.05) is 38.1 Å². The third-order valence-corrected chi connectivity index (χ3v) is 4.89. The van der Waals surface area contributed by atoms with Gasteiger partial charge in [-0.25, -0.2) is 4.98 Å². The summed E-state index contributed by atoms with van der Waals surface area (Å²) in [5.74, 6) is 0.298. The zero-order chi connectivity index (χ0) is 13.2. The number of hydrogen-bond donors (Lipinski definition) is 1. The zero-order valence-electron chi connectivity index (χ0n) is 11.2. The number of fused-ring (bicyclic) bond motifs is 3. The second-order valence-electron chi connectivity index (χ2n) is 6.52. The van der Waals surface area contributed by atoms with Crippen molar-refractivity contribution in [2.75, 3.05) is 0 Å². The van der Waals surface area contributed by atoms with Crippen LogP contribution in [-0.4, -0.2) is 20.8 Å². The van der Waals surface area contributed by atoms with Crippen molar-refractivity contribution in [3.05, 3.63) is 42.4 Å². The second-order valence-corrected chi connectivity index (χ2v) is 6.52. The molecule has 1 aromatic carbocycles. The number of aliphatic hydroxyl groups excluding tert-OH is 1. The second kappa shape index (κ2) is 3.48. The Balaban J connectivity index is 1.82. The van der Waals surface area contributed by atoms with Crippen LogP contribution in [0, 0.1) is 11.3 Å². The van der Waals surface area contributed by atoms with Gasteiger partial charge in [-0.05, 0) is 17.4 Å². The van der Waals surface area contributed by atoms with Gasteiger partial charge in [0.1, 0.15) is 0 Å². The topological polar surface area (TPSA) is 38.0 Å². The van der Waals surface area contributed by atoms with Gasteiger partial charge in [0, 0.05) is 11.5 Å². The van der Waals surface area contributed by atoms with E-state index in [1.165, 1.54) is 16.8 Å². The molecule has 1 aliphatic carbocycles. The lowest BCUT2D eigenvalue weighted by Crippen LogP contribution is -2.51. The fourth-order valence-electron chi connectivity index (χ4n) is 3.85. The summed E-state index contributed by atoms with van der Waals surface area (Å²) < 4.78 is 2.23. The van der Waals surface area contributed by atoms with Crippen LogP contribution in [0.5, 0.6) is 0 Å². The van der Waals surface area contributed by atoms with Crippen LogP contribution in [0.15, 0.2) is 36.8 Å². The van der Waals surface area contributed by atoms with Gasteiger partial charge in [-0.2, -0.15) is 0 Å². The maximum atomic E-state index is 10.5. The van der Waals surface area contributed by atoms with Gasteiger partial charge >= 0.3 is 0 Å². The van der Waals surface area contributed by atoms with Gasteiger partial charge < -0.3 is 9.67 Å². The summed E-state index contributed by atoms with van der Waals surface area (Å²) in [5, 5.41) is 10.5. The molecule has 2 aliphatic rings. The molecule has 0 spiro atoms. The van der Waals surface area contributed by atoms with E-state index in [0.29, 0.717) is 5.92 Å². The van der Waals surface area contributed by atoms with E-state index in [2.05, 4.69) is 47.7 Å². The number of imidazole rings is 1. The van der Waals surface area contributed by atoms with Crippen LogP contribution in [0.25, 0.3) is 11.3 Å². The number of aliphatic hydroxyl groups is 1. The number of nitrogens with zero attached hydrogens (tertiary/aromatic N) is 2. The minimum absolute atomic E-state index is 0.0446. The SMILES string of the molecule is CC1(C)CC(C2c3ccccc3-c3cncn32)C1O. The van der Waals surface area contributed by atoms with E-state index in [0.717, 1.165) is 6.42 Å². The molecule has 4 rings (SSSR count). The largest absolute Gasteiger partial charge is 0.392 e. The van der Waals surface area contributed by atoms with Gasteiger partial charge in [0.05, 0.1) is 30.4 Å². The Morgan fingerprint density at radius 3 is 2.84 bits per heavy atom. The lowest BCUT2D eigenvalue weighted by atomic mass is 9.58. The average molecular weight is 254 g/mol. The van der Waals surface area contributed by atoms with Crippen LogP contribution >= 0.6 is 0 Å². The first-order valence-electron chi connectivity index (χ1n) is 6.89. The first kappa shape index (κ1) is 11.2. The van der Waals surface area contributed by atoms with Crippen molar-refractivity contribution in [1.82, 2.24) is 9.55 Å². The van der Waals surface area contributed by atoms with Gasteiger partial charge in [-0.15, -0.1) is 0 Å². The average Bonchev–Trinajstić information content (AvgIpc) is 2.96. The maximum Gasteiger partial charge on any atom is 0.0956 e. The first-order chi connectivity index (χ1) is 9.09. The fraction of sp³-hybridized carbons (Fsp3) is 0.438. The molecule has 1 saturated carbocycles. The Labute approximate surface area is 112 Å². The van der Waals surface area contributed by atoms with Gasteiger partial charge in [0.25, 0.3) is 0 Å². The number of benzene rings is 1.